The third-order valence-corrected chi connectivity index (χ3v) is 3.85. The van der Waals surface area contributed by atoms with Gasteiger partial charge in [-0.3, -0.25) is 4.90 Å². The SMILES string of the molecule is COCCN(Cc1cc(CNC2CC2)co1)C(C)COC. The number of methoxy groups -OCH3 is 2. The lowest BCUT2D eigenvalue weighted by Gasteiger charge is -2.27. The Morgan fingerprint density at radius 1 is 1.38 bits per heavy atom. The second-order valence-corrected chi connectivity index (χ2v) is 5.84. The quantitative estimate of drug-likeness (QED) is 0.677. The molecule has 5 nitrogen and oxygen atoms in total. The van der Waals surface area contributed by atoms with E-state index in [0.717, 1.165) is 31.4 Å². The van der Waals surface area contributed by atoms with E-state index in [1.165, 1.54) is 18.4 Å². The van der Waals surface area contributed by atoms with Crippen molar-refractivity contribution >= 4 is 0 Å². The molecule has 1 fully saturated rings. The van der Waals surface area contributed by atoms with Crippen molar-refractivity contribution in [2.75, 3.05) is 34.0 Å². The molecular formula is C16H28N2O3. The largest absolute Gasteiger partial charge is 0.468 e. The number of furan rings is 1. The number of rotatable bonds is 11. The lowest BCUT2D eigenvalue weighted by molar-refractivity contribution is 0.0664. The predicted molar refractivity (Wildman–Crippen MR) is 82.2 cm³/mol. The van der Waals surface area contributed by atoms with Gasteiger partial charge in [0.05, 0.1) is 26.0 Å². The summed E-state index contributed by atoms with van der Waals surface area (Å²) in [6.07, 6.45) is 4.48. The summed E-state index contributed by atoms with van der Waals surface area (Å²) in [5, 5.41) is 3.50. The molecule has 1 atom stereocenters. The van der Waals surface area contributed by atoms with Gasteiger partial charge in [0.15, 0.2) is 0 Å². The fourth-order valence-electron chi connectivity index (χ4n) is 2.36. The van der Waals surface area contributed by atoms with E-state index in [0.29, 0.717) is 19.3 Å². The summed E-state index contributed by atoms with van der Waals surface area (Å²) >= 11 is 0. The summed E-state index contributed by atoms with van der Waals surface area (Å²) in [5.41, 5.74) is 1.22. The maximum atomic E-state index is 5.69. The fourth-order valence-corrected chi connectivity index (χ4v) is 2.36. The topological polar surface area (TPSA) is 46.9 Å². The maximum absolute atomic E-state index is 5.69. The fraction of sp³-hybridized carbons (Fsp3) is 0.750. The monoisotopic (exact) mass is 296 g/mol. The molecule has 0 aromatic carbocycles. The van der Waals surface area contributed by atoms with Crippen LogP contribution in [-0.2, 0) is 22.6 Å². The molecule has 1 aromatic heterocycles. The van der Waals surface area contributed by atoms with Gasteiger partial charge < -0.3 is 19.2 Å². The van der Waals surface area contributed by atoms with Gasteiger partial charge in [-0.05, 0) is 25.8 Å². The van der Waals surface area contributed by atoms with Crippen LogP contribution in [-0.4, -0.2) is 51.0 Å². The highest BCUT2D eigenvalue weighted by atomic mass is 16.5. The van der Waals surface area contributed by atoms with Gasteiger partial charge in [0.1, 0.15) is 5.76 Å². The molecule has 0 bridgehead atoms. The molecule has 1 aliphatic carbocycles. The average Bonchev–Trinajstić information content (AvgIpc) is 3.20. The zero-order chi connectivity index (χ0) is 15.1. The van der Waals surface area contributed by atoms with Gasteiger partial charge in [-0.15, -0.1) is 0 Å². The Kier molecular flexibility index (Phi) is 6.70. The number of nitrogens with one attached hydrogen (secondary N) is 1. The van der Waals surface area contributed by atoms with E-state index in [-0.39, 0.29) is 0 Å². The van der Waals surface area contributed by atoms with Crippen molar-refractivity contribution in [3.63, 3.8) is 0 Å². The second-order valence-electron chi connectivity index (χ2n) is 5.84. The molecule has 5 heteroatoms. The summed E-state index contributed by atoms with van der Waals surface area (Å²) in [5.74, 6) is 1.00. The van der Waals surface area contributed by atoms with Crippen LogP contribution in [0.5, 0.6) is 0 Å². The third-order valence-electron chi connectivity index (χ3n) is 3.85. The Balaban J connectivity index is 1.85. The Hall–Kier alpha value is -0.880. The van der Waals surface area contributed by atoms with Crippen molar-refractivity contribution in [2.24, 2.45) is 0 Å². The lowest BCUT2D eigenvalue weighted by Crippen LogP contribution is -2.37. The van der Waals surface area contributed by atoms with E-state index >= 15 is 0 Å². The highest BCUT2D eigenvalue weighted by Crippen LogP contribution is 2.20. The molecule has 1 N–H and O–H groups in total. The molecule has 0 spiro atoms. The molecule has 1 unspecified atom stereocenters. The Labute approximate surface area is 127 Å². The Morgan fingerprint density at radius 2 is 2.19 bits per heavy atom. The van der Waals surface area contributed by atoms with Crippen molar-refractivity contribution in [1.82, 2.24) is 10.2 Å². The molecule has 1 aliphatic rings. The summed E-state index contributed by atoms with van der Waals surface area (Å²) < 4.78 is 16.1. The first-order valence-corrected chi connectivity index (χ1v) is 7.74. The van der Waals surface area contributed by atoms with Gasteiger partial charge in [-0.1, -0.05) is 0 Å². The first-order chi connectivity index (χ1) is 10.2. The zero-order valence-corrected chi connectivity index (χ0v) is 13.4. The smallest absolute Gasteiger partial charge is 0.118 e. The van der Waals surface area contributed by atoms with E-state index in [9.17, 15) is 0 Å². The van der Waals surface area contributed by atoms with Crippen molar-refractivity contribution in [3.05, 3.63) is 23.7 Å². The van der Waals surface area contributed by atoms with E-state index in [1.807, 2.05) is 6.26 Å². The van der Waals surface area contributed by atoms with Crippen LogP contribution in [0.15, 0.2) is 16.7 Å². The van der Waals surface area contributed by atoms with Crippen LogP contribution < -0.4 is 5.32 Å². The second kappa shape index (κ2) is 8.54. The summed E-state index contributed by atoms with van der Waals surface area (Å²) in [6, 6.07) is 3.21. The van der Waals surface area contributed by atoms with Crippen LogP contribution in [0.4, 0.5) is 0 Å². The molecule has 2 rings (SSSR count). The maximum Gasteiger partial charge on any atom is 0.118 e. The molecule has 0 amide bonds. The minimum Gasteiger partial charge on any atom is -0.468 e. The molecule has 120 valence electrons. The molecule has 0 saturated heterocycles. The number of hydrogen-bond acceptors (Lipinski definition) is 5. The van der Waals surface area contributed by atoms with Gasteiger partial charge in [0.2, 0.25) is 0 Å². The van der Waals surface area contributed by atoms with Crippen molar-refractivity contribution in [1.29, 1.82) is 0 Å². The Bertz CT molecular complexity index is 404. The summed E-state index contributed by atoms with van der Waals surface area (Å²) in [6.45, 7) is 6.15. The molecule has 0 aliphatic heterocycles. The van der Waals surface area contributed by atoms with E-state index in [2.05, 4.69) is 23.2 Å². The van der Waals surface area contributed by atoms with Crippen molar-refractivity contribution < 1.29 is 13.9 Å². The van der Waals surface area contributed by atoms with Gasteiger partial charge in [0, 0.05) is 45.0 Å². The highest BCUT2D eigenvalue weighted by Gasteiger charge is 2.20. The minimum absolute atomic E-state index is 0.336. The van der Waals surface area contributed by atoms with Crippen LogP contribution in [0.3, 0.4) is 0 Å². The van der Waals surface area contributed by atoms with Crippen molar-refractivity contribution in [2.45, 2.75) is 44.9 Å². The van der Waals surface area contributed by atoms with Crippen LogP contribution in [0, 0.1) is 0 Å². The van der Waals surface area contributed by atoms with Crippen molar-refractivity contribution in [3.8, 4) is 0 Å². The van der Waals surface area contributed by atoms with Gasteiger partial charge in [-0.2, -0.15) is 0 Å². The Morgan fingerprint density at radius 3 is 2.86 bits per heavy atom. The molecule has 21 heavy (non-hydrogen) atoms. The lowest BCUT2D eigenvalue weighted by atomic mass is 10.2. The molecule has 1 aromatic rings. The predicted octanol–water partition coefficient (Wildman–Crippen LogP) is 2.01. The first-order valence-electron chi connectivity index (χ1n) is 7.74. The van der Waals surface area contributed by atoms with E-state index in [1.54, 1.807) is 14.2 Å². The van der Waals surface area contributed by atoms with E-state index in [4.69, 9.17) is 13.9 Å². The molecule has 1 saturated carbocycles. The summed E-state index contributed by atoms with van der Waals surface area (Å²) in [7, 11) is 3.47. The van der Waals surface area contributed by atoms with Gasteiger partial charge in [-0.25, -0.2) is 0 Å². The highest BCUT2D eigenvalue weighted by molar-refractivity contribution is 5.13. The molecular weight excluding hydrogens is 268 g/mol. The number of nitrogens with zero attached hydrogens (tertiary/aromatic N) is 1. The minimum atomic E-state index is 0.336. The zero-order valence-electron chi connectivity index (χ0n) is 13.4. The number of ether oxygens (including phenoxy) is 2. The van der Waals surface area contributed by atoms with E-state index < -0.39 is 0 Å². The molecule has 0 radical (unpaired) electrons. The molecule has 1 heterocycles. The average molecular weight is 296 g/mol. The van der Waals surface area contributed by atoms with Crippen LogP contribution in [0.2, 0.25) is 0 Å². The number of hydrogen-bond donors (Lipinski definition) is 1. The first kappa shape index (κ1) is 16.5. The summed E-state index contributed by atoms with van der Waals surface area (Å²) in [4.78, 5) is 2.32. The van der Waals surface area contributed by atoms with Crippen LogP contribution in [0.25, 0.3) is 0 Å². The standard InChI is InChI=1S/C16H28N2O3/c1-13(11-20-3)18(6-7-19-2)10-16-8-14(12-21-16)9-17-15-4-5-15/h8,12-13,15,17H,4-7,9-11H2,1-3H3. The van der Waals surface area contributed by atoms with Crippen LogP contribution >= 0.6 is 0 Å². The third kappa shape index (κ3) is 5.79. The van der Waals surface area contributed by atoms with Crippen LogP contribution in [0.1, 0.15) is 31.1 Å². The van der Waals surface area contributed by atoms with Gasteiger partial charge in [0.25, 0.3) is 0 Å². The normalized spacial score (nSPS) is 16.6. The van der Waals surface area contributed by atoms with Gasteiger partial charge >= 0.3 is 0 Å².